The Morgan fingerprint density at radius 2 is 1.75 bits per heavy atom. The van der Waals surface area contributed by atoms with E-state index in [9.17, 15) is 0 Å². The Kier molecular flexibility index (Phi) is 6.23. The number of nitrogens with zero attached hydrogens (tertiary/aromatic N) is 5. The molecule has 3 aromatic rings. The lowest BCUT2D eigenvalue weighted by Gasteiger charge is -2.32. The zero-order chi connectivity index (χ0) is 21.9. The number of piperazine rings is 1. The second-order valence-corrected chi connectivity index (χ2v) is 9.56. The van der Waals surface area contributed by atoms with Crippen molar-refractivity contribution in [3.63, 3.8) is 0 Å². The van der Waals surface area contributed by atoms with Crippen LogP contribution in [0.2, 0.25) is 0 Å². The molecule has 2 aromatic heterocycles. The summed E-state index contributed by atoms with van der Waals surface area (Å²) < 4.78 is 5.35. The van der Waals surface area contributed by atoms with Gasteiger partial charge in [0.2, 0.25) is 5.95 Å². The first kappa shape index (κ1) is 21.2. The fourth-order valence-electron chi connectivity index (χ4n) is 4.37. The van der Waals surface area contributed by atoms with E-state index in [1.165, 1.54) is 25.7 Å². The smallest absolute Gasteiger partial charge is 0.223 e. The van der Waals surface area contributed by atoms with Crippen LogP contribution < -0.4 is 15.0 Å². The molecule has 1 saturated heterocycles. The monoisotopic (exact) mass is 450 g/mol. The quantitative estimate of drug-likeness (QED) is 0.598. The lowest BCUT2D eigenvalue weighted by Crippen LogP contribution is -2.44. The average molecular weight is 451 g/mol. The van der Waals surface area contributed by atoms with E-state index in [1.54, 1.807) is 18.4 Å². The SMILES string of the molecule is COc1ccc(-c2nc(N3CCN(C)CC3)sc2-c2ccnc(NC3CCCC3)n2)cc1. The second-order valence-electron chi connectivity index (χ2n) is 8.58. The number of thiazole rings is 1. The molecule has 8 heteroatoms. The van der Waals surface area contributed by atoms with Crippen molar-refractivity contribution in [3.8, 4) is 27.6 Å². The van der Waals surface area contributed by atoms with Crippen LogP contribution in [0.25, 0.3) is 21.8 Å². The summed E-state index contributed by atoms with van der Waals surface area (Å²) in [7, 11) is 3.86. The zero-order valence-electron chi connectivity index (χ0n) is 18.8. The largest absolute Gasteiger partial charge is 0.497 e. The topological polar surface area (TPSA) is 66.4 Å². The van der Waals surface area contributed by atoms with Gasteiger partial charge in [0.1, 0.15) is 5.75 Å². The van der Waals surface area contributed by atoms with Crippen LogP contribution in [0.4, 0.5) is 11.1 Å². The maximum atomic E-state index is 5.35. The van der Waals surface area contributed by atoms with Crippen LogP contribution >= 0.6 is 11.3 Å². The summed E-state index contributed by atoms with van der Waals surface area (Å²) >= 11 is 1.72. The fraction of sp³-hybridized carbons (Fsp3) is 0.458. The number of aromatic nitrogens is 3. The third-order valence-electron chi connectivity index (χ3n) is 6.33. The van der Waals surface area contributed by atoms with Crippen LogP contribution in [-0.4, -0.2) is 66.2 Å². The average Bonchev–Trinajstić information content (AvgIpc) is 3.50. The van der Waals surface area contributed by atoms with Crippen LogP contribution in [0.3, 0.4) is 0 Å². The van der Waals surface area contributed by atoms with Crippen molar-refractivity contribution in [1.82, 2.24) is 19.9 Å². The molecule has 0 amide bonds. The first-order chi connectivity index (χ1) is 15.7. The van der Waals surface area contributed by atoms with Crippen molar-refractivity contribution < 1.29 is 4.74 Å². The Bertz CT molecular complexity index is 1040. The normalized spacial score (nSPS) is 17.6. The first-order valence-electron chi connectivity index (χ1n) is 11.4. The number of ether oxygens (including phenoxy) is 1. The van der Waals surface area contributed by atoms with Crippen molar-refractivity contribution in [2.24, 2.45) is 0 Å². The highest BCUT2D eigenvalue weighted by molar-refractivity contribution is 7.19. The molecule has 7 nitrogen and oxygen atoms in total. The minimum Gasteiger partial charge on any atom is -0.497 e. The van der Waals surface area contributed by atoms with Gasteiger partial charge >= 0.3 is 0 Å². The Labute approximate surface area is 193 Å². The third kappa shape index (κ3) is 4.56. The summed E-state index contributed by atoms with van der Waals surface area (Å²) in [5.41, 5.74) is 2.96. The predicted molar refractivity (Wildman–Crippen MR) is 131 cm³/mol. The van der Waals surface area contributed by atoms with Gasteiger partial charge in [0.15, 0.2) is 5.13 Å². The molecule has 0 atom stereocenters. The highest BCUT2D eigenvalue weighted by Gasteiger charge is 2.23. The molecular formula is C24H30N6OS. The molecular weight excluding hydrogens is 420 g/mol. The number of methoxy groups -OCH3 is 1. The first-order valence-corrected chi connectivity index (χ1v) is 12.2. The van der Waals surface area contributed by atoms with E-state index in [0.29, 0.717) is 12.0 Å². The van der Waals surface area contributed by atoms with Crippen molar-refractivity contribution in [2.75, 3.05) is 50.6 Å². The summed E-state index contributed by atoms with van der Waals surface area (Å²) in [6, 6.07) is 10.6. The van der Waals surface area contributed by atoms with E-state index < -0.39 is 0 Å². The van der Waals surface area contributed by atoms with Crippen LogP contribution in [0.5, 0.6) is 5.75 Å². The second kappa shape index (κ2) is 9.42. The van der Waals surface area contributed by atoms with Crippen LogP contribution in [0, 0.1) is 0 Å². The maximum absolute atomic E-state index is 5.35. The summed E-state index contributed by atoms with van der Waals surface area (Å²) in [5, 5.41) is 4.59. The third-order valence-corrected chi connectivity index (χ3v) is 7.47. The molecule has 1 N–H and O–H groups in total. The van der Waals surface area contributed by atoms with Gasteiger partial charge in [-0.1, -0.05) is 24.2 Å². The lowest BCUT2D eigenvalue weighted by molar-refractivity contribution is 0.313. The minimum atomic E-state index is 0.480. The standard InChI is InChI=1S/C24H30N6OS/c1-29-13-15-30(16-14-29)24-28-21(17-7-9-19(31-2)10-8-17)22(32-24)20-11-12-25-23(27-20)26-18-5-3-4-6-18/h7-12,18H,3-6,13-16H2,1-2H3,(H,25,26,27). The number of benzene rings is 1. The van der Waals surface area contributed by atoms with E-state index >= 15 is 0 Å². The van der Waals surface area contributed by atoms with Crippen molar-refractivity contribution in [1.29, 1.82) is 0 Å². The zero-order valence-corrected chi connectivity index (χ0v) is 19.6. The molecule has 0 spiro atoms. The molecule has 168 valence electrons. The van der Waals surface area contributed by atoms with Gasteiger partial charge in [-0.2, -0.15) is 0 Å². The van der Waals surface area contributed by atoms with Crippen molar-refractivity contribution in [2.45, 2.75) is 31.7 Å². The van der Waals surface area contributed by atoms with E-state index in [0.717, 1.165) is 58.9 Å². The fourth-order valence-corrected chi connectivity index (χ4v) is 5.48. The Balaban J connectivity index is 1.50. The number of rotatable bonds is 6. The maximum Gasteiger partial charge on any atom is 0.223 e. The van der Waals surface area contributed by atoms with Gasteiger partial charge in [0.05, 0.1) is 23.4 Å². The highest BCUT2D eigenvalue weighted by Crippen LogP contribution is 2.40. The van der Waals surface area contributed by atoms with E-state index in [-0.39, 0.29) is 0 Å². The van der Waals surface area contributed by atoms with Crippen LogP contribution in [0.15, 0.2) is 36.5 Å². The van der Waals surface area contributed by atoms with Gasteiger partial charge in [-0.15, -0.1) is 0 Å². The molecule has 1 aromatic carbocycles. The van der Waals surface area contributed by atoms with Crippen molar-refractivity contribution >= 4 is 22.4 Å². The Hall–Kier alpha value is -2.71. The molecule has 5 rings (SSSR count). The number of hydrogen-bond donors (Lipinski definition) is 1. The molecule has 2 aliphatic rings. The van der Waals surface area contributed by atoms with E-state index in [2.05, 4.69) is 39.3 Å². The molecule has 3 heterocycles. The van der Waals surface area contributed by atoms with E-state index in [4.69, 9.17) is 14.7 Å². The van der Waals surface area contributed by atoms with Crippen LogP contribution in [-0.2, 0) is 0 Å². The van der Waals surface area contributed by atoms with E-state index in [1.807, 2.05) is 24.4 Å². The number of likely N-dealkylation sites (N-methyl/N-ethyl adjacent to an activating group) is 1. The van der Waals surface area contributed by atoms with Crippen LogP contribution in [0.1, 0.15) is 25.7 Å². The van der Waals surface area contributed by atoms with Gasteiger partial charge in [-0.05, 0) is 50.2 Å². The van der Waals surface area contributed by atoms with Gasteiger partial charge in [0, 0.05) is 44.0 Å². The number of nitrogens with one attached hydrogen (secondary N) is 1. The predicted octanol–water partition coefficient (Wildman–Crippen LogP) is 4.38. The molecule has 2 fully saturated rings. The summed E-state index contributed by atoms with van der Waals surface area (Å²) in [6.45, 7) is 4.08. The molecule has 1 saturated carbocycles. The molecule has 1 aliphatic heterocycles. The summed E-state index contributed by atoms with van der Waals surface area (Å²) in [6.07, 6.45) is 6.80. The summed E-state index contributed by atoms with van der Waals surface area (Å²) in [4.78, 5) is 20.3. The Morgan fingerprint density at radius 3 is 2.47 bits per heavy atom. The summed E-state index contributed by atoms with van der Waals surface area (Å²) in [5.74, 6) is 1.56. The molecule has 0 bridgehead atoms. The van der Waals surface area contributed by atoms with Crippen molar-refractivity contribution in [3.05, 3.63) is 36.5 Å². The number of hydrogen-bond acceptors (Lipinski definition) is 8. The minimum absolute atomic E-state index is 0.480. The van der Waals surface area contributed by atoms with Gasteiger partial charge < -0.3 is 19.9 Å². The molecule has 1 aliphatic carbocycles. The Morgan fingerprint density at radius 1 is 1.00 bits per heavy atom. The van der Waals surface area contributed by atoms with Gasteiger partial charge in [0.25, 0.3) is 0 Å². The van der Waals surface area contributed by atoms with Gasteiger partial charge in [-0.3, -0.25) is 0 Å². The molecule has 0 radical (unpaired) electrons. The number of anilines is 2. The van der Waals surface area contributed by atoms with Gasteiger partial charge in [-0.25, -0.2) is 15.0 Å². The molecule has 0 unspecified atom stereocenters. The lowest BCUT2D eigenvalue weighted by atomic mass is 10.1. The highest BCUT2D eigenvalue weighted by atomic mass is 32.1. The molecule has 32 heavy (non-hydrogen) atoms.